The van der Waals surface area contributed by atoms with Gasteiger partial charge in [-0.15, -0.1) is 0 Å². The van der Waals surface area contributed by atoms with Crippen LogP contribution in [0.15, 0.2) is 66.7 Å². The van der Waals surface area contributed by atoms with E-state index in [0.29, 0.717) is 17.2 Å². The summed E-state index contributed by atoms with van der Waals surface area (Å²) in [4.78, 5) is 23.7. The van der Waals surface area contributed by atoms with Gasteiger partial charge in [-0.1, -0.05) is 36.4 Å². The molecule has 6 heteroatoms. The molecule has 3 aromatic carbocycles. The average molecular weight is 365 g/mol. The Hall–Kier alpha value is -3.54. The lowest BCUT2D eigenvalue weighted by Gasteiger charge is -2.09. The number of carbonyl (C=O) groups excluding carboxylic acids is 2. The molecular formula is C21H19NO5. The van der Waals surface area contributed by atoms with E-state index >= 15 is 0 Å². The molecule has 0 aliphatic heterocycles. The fourth-order valence-electron chi connectivity index (χ4n) is 2.49. The topological polar surface area (TPSA) is 73.9 Å². The number of carbonyl (C=O) groups is 2. The van der Waals surface area contributed by atoms with E-state index in [9.17, 15) is 9.59 Å². The van der Waals surface area contributed by atoms with Crippen LogP contribution in [0.1, 0.15) is 0 Å². The summed E-state index contributed by atoms with van der Waals surface area (Å²) < 4.78 is 15.5. The van der Waals surface area contributed by atoms with E-state index in [2.05, 4.69) is 5.32 Å². The highest BCUT2D eigenvalue weighted by molar-refractivity contribution is 5.93. The zero-order chi connectivity index (χ0) is 19.1. The maximum atomic E-state index is 11.9. The number of fused-ring (bicyclic) bond motifs is 1. The van der Waals surface area contributed by atoms with Crippen molar-refractivity contribution in [3.63, 3.8) is 0 Å². The van der Waals surface area contributed by atoms with Gasteiger partial charge >= 0.3 is 5.97 Å². The first-order chi connectivity index (χ1) is 13.1. The molecule has 1 amide bonds. The van der Waals surface area contributed by atoms with Crippen molar-refractivity contribution >= 4 is 28.3 Å². The van der Waals surface area contributed by atoms with Gasteiger partial charge < -0.3 is 19.5 Å². The number of esters is 1. The van der Waals surface area contributed by atoms with Gasteiger partial charge in [-0.2, -0.15) is 0 Å². The molecule has 0 saturated carbocycles. The second kappa shape index (κ2) is 8.71. The summed E-state index contributed by atoms with van der Waals surface area (Å²) in [6.45, 7) is -0.665. The molecule has 3 aromatic rings. The van der Waals surface area contributed by atoms with Crippen LogP contribution in [0.3, 0.4) is 0 Å². The average Bonchev–Trinajstić information content (AvgIpc) is 2.70. The van der Waals surface area contributed by atoms with Gasteiger partial charge in [0.1, 0.15) is 11.5 Å². The molecule has 0 spiro atoms. The quantitative estimate of drug-likeness (QED) is 0.650. The molecule has 6 nitrogen and oxygen atoms in total. The molecule has 3 rings (SSSR count). The van der Waals surface area contributed by atoms with E-state index in [1.54, 1.807) is 30.3 Å². The second-order valence-corrected chi connectivity index (χ2v) is 5.74. The van der Waals surface area contributed by atoms with Gasteiger partial charge in [0.15, 0.2) is 13.2 Å². The Balaban J connectivity index is 1.45. The van der Waals surface area contributed by atoms with E-state index in [1.807, 2.05) is 36.4 Å². The molecule has 0 heterocycles. The normalized spacial score (nSPS) is 10.3. The third kappa shape index (κ3) is 5.22. The summed E-state index contributed by atoms with van der Waals surface area (Å²) in [5.74, 6) is 0.117. The SMILES string of the molecule is COc1cccc(NC(=O)COC(=O)COc2ccc3ccccc3c2)c1. The van der Waals surface area contributed by atoms with Crippen LogP contribution in [-0.2, 0) is 14.3 Å². The van der Waals surface area contributed by atoms with Crippen LogP contribution in [0, 0.1) is 0 Å². The molecule has 27 heavy (non-hydrogen) atoms. The predicted molar refractivity (Wildman–Crippen MR) is 102 cm³/mol. The van der Waals surface area contributed by atoms with Gasteiger partial charge in [0.2, 0.25) is 0 Å². The lowest BCUT2D eigenvalue weighted by atomic mass is 10.1. The van der Waals surface area contributed by atoms with Crippen molar-refractivity contribution in [3.05, 3.63) is 66.7 Å². The van der Waals surface area contributed by atoms with Crippen LogP contribution in [0.4, 0.5) is 5.69 Å². The van der Waals surface area contributed by atoms with E-state index in [1.165, 1.54) is 7.11 Å². The molecule has 0 saturated heterocycles. The molecule has 138 valence electrons. The largest absolute Gasteiger partial charge is 0.497 e. The molecule has 1 N–H and O–H groups in total. The summed E-state index contributed by atoms with van der Waals surface area (Å²) in [5.41, 5.74) is 0.558. The highest BCUT2D eigenvalue weighted by Gasteiger charge is 2.09. The van der Waals surface area contributed by atoms with Crippen LogP contribution < -0.4 is 14.8 Å². The van der Waals surface area contributed by atoms with Crippen LogP contribution in [0.2, 0.25) is 0 Å². The first-order valence-electron chi connectivity index (χ1n) is 8.35. The number of methoxy groups -OCH3 is 1. The number of anilines is 1. The summed E-state index contributed by atoms with van der Waals surface area (Å²) >= 11 is 0. The van der Waals surface area contributed by atoms with Gasteiger partial charge in [0, 0.05) is 11.8 Å². The Labute approximate surface area is 156 Å². The molecular weight excluding hydrogens is 346 g/mol. The van der Waals surface area contributed by atoms with Crippen LogP contribution >= 0.6 is 0 Å². The minimum Gasteiger partial charge on any atom is -0.497 e. The predicted octanol–water partition coefficient (Wildman–Crippen LogP) is 3.41. The zero-order valence-electron chi connectivity index (χ0n) is 14.8. The van der Waals surface area contributed by atoms with Crippen LogP contribution in [0.5, 0.6) is 11.5 Å². The van der Waals surface area contributed by atoms with Crippen molar-refractivity contribution in [3.8, 4) is 11.5 Å². The van der Waals surface area contributed by atoms with Gasteiger partial charge in [0.25, 0.3) is 5.91 Å². The molecule has 0 aliphatic rings. The second-order valence-electron chi connectivity index (χ2n) is 5.74. The van der Waals surface area contributed by atoms with Crippen LogP contribution in [0.25, 0.3) is 10.8 Å². The summed E-state index contributed by atoms with van der Waals surface area (Å²) in [6, 6.07) is 20.3. The van der Waals surface area contributed by atoms with Crippen molar-refractivity contribution in [1.82, 2.24) is 0 Å². The van der Waals surface area contributed by atoms with Crippen molar-refractivity contribution in [2.45, 2.75) is 0 Å². The fraction of sp³-hybridized carbons (Fsp3) is 0.143. The molecule has 0 fully saturated rings. The number of nitrogens with one attached hydrogen (secondary N) is 1. The first kappa shape index (κ1) is 18.3. The summed E-state index contributed by atoms with van der Waals surface area (Å²) in [6.07, 6.45) is 0. The van der Waals surface area contributed by atoms with Gasteiger partial charge in [-0.3, -0.25) is 4.79 Å². The van der Waals surface area contributed by atoms with E-state index in [0.717, 1.165) is 10.8 Å². The molecule has 0 radical (unpaired) electrons. The van der Waals surface area contributed by atoms with Crippen molar-refractivity contribution in [2.24, 2.45) is 0 Å². The lowest BCUT2D eigenvalue weighted by molar-refractivity contribution is -0.149. The lowest BCUT2D eigenvalue weighted by Crippen LogP contribution is -2.23. The Morgan fingerprint density at radius 1 is 0.852 bits per heavy atom. The highest BCUT2D eigenvalue weighted by atomic mass is 16.6. The van der Waals surface area contributed by atoms with Gasteiger partial charge in [0.05, 0.1) is 7.11 Å². The smallest absolute Gasteiger partial charge is 0.344 e. The third-order valence-electron chi connectivity index (χ3n) is 3.80. The van der Waals surface area contributed by atoms with Gasteiger partial charge in [-0.25, -0.2) is 4.79 Å². The number of hydrogen-bond acceptors (Lipinski definition) is 5. The third-order valence-corrected chi connectivity index (χ3v) is 3.80. The summed E-state index contributed by atoms with van der Waals surface area (Å²) in [5, 5.41) is 4.73. The van der Waals surface area contributed by atoms with E-state index < -0.39 is 18.5 Å². The van der Waals surface area contributed by atoms with Crippen LogP contribution in [-0.4, -0.2) is 32.2 Å². The molecule has 0 aromatic heterocycles. The van der Waals surface area contributed by atoms with E-state index in [4.69, 9.17) is 14.2 Å². The number of hydrogen-bond donors (Lipinski definition) is 1. The number of rotatable bonds is 7. The molecule has 0 atom stereocenters. The summed E-state index contributed by atoms with van der Waals surface area (Å²) in [7, 11) is 1.54. The first-order valence-corrected chi connectivity index (χ1v) is 8.35. The number of amides is 1. The number of ether oxygens (including phenoxy) is 3. The Morgan fingerprint density at radius 3 is 2.48 bits per heavy atom. The maximum Gasteiger partial charge on any atom is 0.344 e. The minimum atomic E-state index is -0.621. The van der Waals surface area contributed by atoms with E-state index in [-0.39, 0.29) is 6.61 Å². The number of benzene rings is 3. The van der Waals surface area contributed by atoms with Crippen molar-refractivity contribution in [2.75, 3.05) is 25.6 Å². The molecule has 0 aliphatic carbocycles. The van der Waals surface area contributed by atoms with Crippen molar-refractivity contribution < 1.29 is 23.8 Å². The maximum absolute atomic E-state index is 11.9. The fourth-order valence-corrected chi connectivity index (χ4v) is 2.49. The highest BCUT2D eigenvalue weighted by Crippen LogP contribution is 2.20. The van der Waals surface area contributed by atoms with Crippen molar-refractivity contribution in [1.29, 1.82) is 0 Å². The van der Waals surface area contributed by atoms with Gasteiger partial charge in [-0.05, 0) is 35.0 Å². The Morgan fingerprint density at radius 2 is 1.67 bits per heavy atom. The standard InChI is InChI=1S/C21H19NO5/c1-25-18-8-4-7-17(12-18)22-20(23)13-27-21(24)14-26-19-10-9-15-5-2-3-6-16(15)11-19/h2-12H,13-14H2,1H3,(H,22,23). The monoisotopic (exact) mass is 365 g/mol. The Bertz CT molecular complexity index is 954. The molecule has 0 bridgehead atoms. The minimum absolute atomic E-state index is 0.273. The zero-order valence-corrected chi connectivity index (χ0v) is 14.8. The Kier molecular flexibility index (Phi) is 5.89. The molecule has 0 unspecified atom stereocenters.